The fourth-order valence-corrected chi connectivity index (χ4v) is 5.98. The van der Waals surface area contributed by atoms with Gasteiger partial charge in [0.25, 0.3) is 0 Å². The van der Waals surface area contributed by atoms with E-state index in [0.717, 1.165) is 33.4 Å². The lowest BCUT2D eigenvalue weighted by Crippen LogP contribution is -2.10. The molecule has 3 heteroatoms. The van der Waals surface area contributed by atoms with Gasteiger partial charge in [-0.15, -0.1) is 0 Å². The van der Waals surface area contributed by atoms with E-state index in [1.165, 1.54) is 33.4 Å². The predicted molar refractivity (Wildman–Crippen MR) is 183 cm³/mol. The van der Waals surface area contributed by atoms with Gasteiger partial charge in [-0.3, -0.25) is 0 Å². The van der Waals surface area contributed by atoms with Crippen LogP contribution < -0.4 is 4.90 Å². The van der Waals surface area contributed by atoms with Crippen molar-refractivity contribution in [2.45, 2.75) is 0 Å². The van der Waals surface area contributed by atoms with Crippen molar-refractivity contribution in [2.75, 3.05) is 4.90 Å². The molecule has 0 aliphatic heterocycles. The van der Waals surface area contributed by atoms with Crippen molar-refractivity contribution in [1.29, 1.82) is 0 Å². The summed E-state index contributed by atoms with van der Waals surface area (Å²) in [5.74, 6) is 0. The van der Waals surface area contributed by atoms with E-state index in [1.54, 1.807) is 6.20 Å². The molecular weight excluding hydrogens is 536 g/mol. The molecule has 3 nitrogen and oxygen atoms in total. The van der Waals surface area contributed by atoms with Crippen molar-refractivity contribution in [3.63, 3.8) is 0 Å². The minimum atomic E-state index is 0.642. The van der Waals surface area contributed by atoms with Crippen LogP contribution in [0.25, 0.3) is 55.4 Å². The van der Waals surface area contributed by atoms with Crippen molar-refractivity contribution in [2.24, 2.45) is 0 Å². The summed E-state index contributed by atoms with van der Waals surface area (Å²) in [5.41, 5.74) is 11.8. The molecule has 0 aliphatic rings. The van der Waals surface area contributed by atoms with Crippen LogP contribution in [0.5, 0.6) is 0 Å². The molecule has 0 aliphatic carbocycles. The summed E-state index contributed by atoms with van der Waals surface area (Å²) in [6, 6.07) is 57.6. The van der Waals surface area contributed by atoms with E-state index in [1.807, 2.05) is 30.3 Å². The highest BCUT2D eigenvalue weighted by Crippen LogP contribution is 2.43. The summed E-state index contributed by atoms with van der Waals surface area (Å²) in [7, 11) is 0. The van der Waals surface area contributed by atoms with Crippen LogP contribution in [0.4, 0.5) is 17.1 Å². The SMILES string of the molecule is c1ccc(-c2ccc(-c3ccc(N(c4ccc(-c5ccccc5)cc4)c4cccc5oc6ncccc6c45)cc3)cc2)cc1. The third-order valence-electron chi connectivity index (χ3n) is 8.18. The minimum absolute atomic E-state index is 0.642. The Balaban J connectivity index is 1.22. The highest BCUT2D eigenvalue weighted by molar-refractivity contribution is 6.12. The zero-order valence-electron chi connectivity index (χ0n) is 24.0. The molecule has 0 saturated carbocycles. The first-order chi connectivity index (χ1) is 21.8. The van der Waals surface area contributed by atoms with E-state index in [2.05, 4.69) is 143 Å². The molecule has 0 radical (unpaired) electrons. The van der Waals surface area contributed by atoms with Crippen LogP contribution in [0.2, 0.25) is 0 Å². The number of nitrogens with zero attached hydrogens (tertiary/aromatic N) is 2. The number of pyridine rings is 1. The summed E-state index contributed by atoms with van der Waals surface area (Å²) < 4.78 is 6.17. The molecule has 6 aromatic carbocycles. The molecule has 0 saturated heterocycles. The molecule has 8 rings (SSSR count). The number of hydrogen-bond donors (Lipinski definition) is 0. The van der Waals surface area contributed by atoms with Crippen molar-refractivity contribution < 1.29 is 4.42 Å². The predicted octanol–water partition coefficient (Wildman–Crippen LogP) is 11.5. The first kappa shape index (κ1) is 25.8. The van der Waals surface area contributed by atoms with E-state index >= 15 is 0 Å². The maximum absolute atomic E-state index is 6.17. The van der Waals surface area contributed by atoms with Crippen LogP contribution in [0.1, 0.15) is 0 Å². The van der Waals surface area contributed by atoms with Crippen molar-refractivity contribution in [1.82, 2.24) is 4.98 Å². The molecule has 44 heavy (non-hydrogen) atoms. The summed E-state index contributed by atoms with van der Waals surface area (Å²) in [6.45, 7) is 0. The molecule has 2 heterocycles. The van der Waals surface area contributed by atoms with E-state index in [0.29, 0.717) is 5.71 Å². The van der Waals surface area contributed by atoms with Gasteiger partial charge in [-0.1, -0.05) is 115 Å². The molecule has 0 unspecified atom stereocenters. The Kier molecular flexibility index (Phi) is 6.47. The van der Waals surface area contributed by atoms with Crippen LogP contribution in [0.15, 0.2) is 174 Å². The highest BCUT2D eigenvalue weighted by atomic mass is 16.3. The molecule has 0 bridgehead atoms. The summed E-state index contributed by atoms with van der Waals surface area (Å²) >= 11 is 0. The van der Waals surface area contributed by atoms with Crippen LogP contribution in [0, 0.1) is 0 Å². The van der Waals surface area contributed by atoms with Gasteiger partial charge in [0.15, 0.2) is 0 Å². The molecule has 8 aromatic rings. The Bertz CT molecular complexity index is 2180. The number of hydrogen-bond acceptors (Lipinski definition) is 3. The Morgan fingerprint density at radius 2 is 0.886 bits per heavy atom. The average Bonchev–Trinajstić information content (AvgIpc) is 3.49. The Morgan fingerprint density at radius 3 is 1.41 bits per heavy atom. The van der Waals surface area contributed by atoms with Crippen molar-refractivity contribution in [3.05, 3.63) is 170 Å². The number of aromatic nitrogens is 1. The van der Waals surface area contributed by atoms with Crippen LogP contribution >= 0.6 is 0 Å². The lowest BCUT2D eigenvalue weighted by Gasteiger charge is -2.26. The molecule has 0 amide bonds. The lowest BCUT2D eigenvalue weighted by molar-refractivity contribution is 0.654. The number of rotatable bonds is 6. The fourth-order valence-electron chi connectivity index (χ4n) is 5.98. The summed E-state index contributed by atoms with van der Waals surface area (Å²) in [6.07, 6.45) is 1.77. The largest absolute Gasteiger partial charge is 0.438 e. The highest BCUT2D eigenvalue weighted by Gasteiger charge is 2.20. The molecule has 2 aromatic heterocycles. The van der Waals surface area contributed by atoms with Gasteiger partial charge in [0.05, 0.1) is 16.5 Å². The van der Waals surface area contributed by atoms with Crippen molar-refractivity contribution >= 4 is 39.1 Å². The maximum atomic E-state index is 6.17. The fraction of sp³-hybridized carbons (Fsp3) is 0. The number of benzene rings is 6. The quantitative estimate of drug-likeness (QED) is 0.201. The Hall–Kier alpha value is -5.93. The van der Waals surface area contributed by atoms with E-state index in [9.17, 15) is 0 Å². The summed E-state index contributed by atoms with van der Waals surface area (Å²) in [5, 5.41) is 2.04. The third-order valence-corrected chi connectivity index (χ3v) is 8.18. The van der Waals surface area contributed by atoms with E-state index in [-0.39, 0.29) is 0 Å². The zero-order chi connectivity index (χ0) is 29.3. The second-order valence-electron chi connectivity index (χ2n) is 10.8. The standard InChI is InChI=1S/C41H28N2O/c1-3-9-29(10-4-1)31-16-18-32(19-17-31)34-22-26-36(27-23-34)43(35-24-20-33(21-25-35)30-11-5-2-6-12-30)38-14-7-15-39-40(38)37-13-8-28-42-41(37)44-39/h1-28H. The molecule has 208 valence electrons. The van der Waals surface area contributed by atoms with Gasteiger partial charge < -0.3 is 9.32 Å². The molecule has 0 N–H and O–H groups in total. The van der Waals surface area contributed by atoms with Crippen molar-refractivity contribution in [3.8, 4) is 33.4 Å². The van der Waals surface area contributed by atoms with E-state index < -0.39 is 0 Å². The first-order valence-electron chi connectivity index (χ1n) is 14.8. The van der Waals surface area contributed by atoms with Gasteiger partial charge in [-0.2, -0.15) is 0 Å². The number of fused-ring (bicyclic) bond motifs is 3. The van der Waals surface area contributed by atoms with Gasteiger partial charge in [0, 0.05) is 17.6 Å². The monoisotopic (exact) mass is 564 g/mol. The van der Waals surface area contributed by atoms with Gasteiger partial charge in [-0.05, 0) is 81.9 Å². The normalized spacial score (nSPS) is 11.2. The molecular formula is C41H28N2O. The van der Waals surface area contributed by atoms with Gasteiger partial charge in [0.2, 0.25) is 5.71 Å². The summed E-state index contributed by atoms with van der Waals surface area (Å²) in [4.78, 5) is 6.80. The van der Waals surface area contributed by atoms with Gasteiger partial charge in [-0.25, -0.2) is 4.98 Å². The Morgan fingerprint density at radius 1 is 0.409 bits per heavy atom. The maximum Gasteiger partial charge on any atom is 0.227 e. The Labute approximate surface area is 256 Å². The number of anilines is 3. The number of furan rings is 1. The second-order valence-corrected chi connectivity index (χ2v) is 10.8. The smallest absolute Gasteiger partial charge is 0.227 e. The lowest BCUT2D eigenvalue weighted by atomic mass is 10.00. The van der Waals surface area contributed by atoms with Gasteiger partial charge in [0.1, 0.15) is 5.58 Å². The van der Waals surface area contributed by atoms with E-state index in [4.69, 9.17) is 4.42 Å². The topological polar surface area (TPSA) is 29.3 Å². The minimum Gasteiger partial charge on any atom is -0.438 e. The first-order valence-corrected chi connectivity index (χ1v) is 14.8. The van der Waals surface area contributed by atoms with Crippen LogP contribution in [-0.2, 0) is 0 Å². The molecule has 0 spiro atoms. The van der Waals surface area contributed by atoms with Crippen LogP contribution in [-0.4, -0.2) is 4.98 Å². The zero-order valence-corrected chi connectivity index (χ0v) is 24.0. The van der Waals surface area contributed by atoms with Crippen LogP contribution in [0.3, 0.4) is 0 Å². The molecule has 0 fully saturated rings. The average molecular weight is 565 g/mol. The third kappa shape index (κ3) is 4.71. The second kappa shape index (κ2) is 11.0. The van der Waals surface area contributed by atoms with Gasteiger partial charge >= 0.3 is 0 Å². The molecule has 0 atom stereocenters.